The number of amides is 1. The van der Waals surface area contributed by atoms with E-state index < -0.39 is 0 Å². The lowest BCUT2D eigenvalue weighted by molar-refractivity contribution is -0.125. The van der Waals surface area contributed by atoms with Crippen molar-refractivity contribution in [2.45, 2.75) is 51.1 Å². The van der Waals surface area contributed by atoms with Gasteiger partial charge in [0.05, 0.1) is 0 Å². The predicted molar refractivity (Wildman–Crippen MR) is 87.7 cm³/mol. The van der Waals surface area contributed by atoms with Gasteiger partial charge in [-0.05, 0) is 19.3 Å². The molecule has 0 unspecified atom stereocenters. The zero-order valence-electron chi connectivity index (χ0n) is 13.2. The summed E-state index contributed by atoms with van der Waals surface area (Å²) in [6, 6.07) is 10.3. The van der Waals surface area contributed by atoms with Gasteiger partial charge in [-0.2, -0.15) is 0 Å². The summed E-state index contributed by atoms with van der Waals surface area (Å²) in [4.78, 5) is 12.4. The molecular formula is C18H22N4O. The molecule has 1 saturated carbocycles. The Morgan fingerprint density at radius 2 is 1.87 bits per heavy atom. The first-order valence-corrected chi connectivity index (χ1v) is 8.59. The third kappa shape index (κ3) is 2.87. The van der Waals surface area contributed by atoms with Crippen molar-refractivity contribution in [3.05, 3.63) is 36.2 Å². The van der Waals surface area contributed by atoms with Gasteiger partial charge in [0.15, 0.2) is 5.82 Å². The smallest absolute Gasteiger partial charge is 0.223 e. The fourth-order valence-corrected chi connectivity index (χ4v) is 3.75. The number of nitrogens with one attached hydrogen (secondary N) is 1. The minimum Gasteiger partial charge on any atom is -0.351 e. The van der Waals surface area contributed by atoms with E-state index >= 15 is 0 Å². The molecule has 0 saturated heterocycles. The van der Waals surface area contributed by atoms with E-state index in [0.29, 0.717) is 0 Å². The monoisotopic (exact) mass is 310 g/mol. The van der Waals surface area contributed by atoms with Crippen LogP contribution in [0.3, 0.4) is 0 Å². The molecule has 1 aliphatic heterocycles. The number of benzene rings is 1. The highest BCUT2D eigenvalue weighted by Gasteiger charge is 2.28. The largest absolute Gasteiger partial charge is 0.351 e. The number of aromatic nitrogens is 3. The van der Waals surface area contributed by atoms with E-state index in [-0.39, 0.29) is 17.9 Å². The highest BCUT2D eigenvalue weighted by molar-refractivity contribution is 5.79. The molecule has 23 heavy (non-hydrogen) atoms. The van der Waals surface area contributed by atoms with Crippen LogP contribution in [-0.4, -0.2) is 26.7 Å². The van der Waals surface area contributed by atoms with Crippen LogP contribution in [-0.2, 0) is 17.8 Å². The maximum absolute atomic E-state index is 12.4. The number of nitrogens with zero attached hydrogens (tertiary/aromatic N) is 3. The lowest BCUT2D eigenvalue weighted by Crippen LogP contribution is -2.43. The molecule has 1 atom stereocenters. The highest BCUT2D eigenvalue weighted by Crippen LogP contribution is 2.26. The molecular weight excluding hydrogens is 288 g/mol. The Kier molecular flexibility index (Phi) is 3.85. The fourth-order valence-electron chi connectivity index (χ4n) is 3.75. The molecule has 2 aromatic rings. The minimum absolute atomic E-state index is 0.189. The van der Waals surface area contributed by atoms with Crippen molar-refractivity contribution < 1.29 is 4.79 Å². The SMILES string of the molecule is O=C(N[C@@H]1CCc2nnc(-c3ccccc3)n2C1)C1CCCC1. The predicted octanol–water partition coefficient (Wildman–Crippen LogP) is 2.57. The summed E-state index contributed by atoms with van der Waals surface area (Å²) >= 11 is 0. The van der Waals surface area contributed by atoms with Gasteiger partial charge < -0.3 is 9.88 Å². The van der Waals surface area contributed by atoms with Crippen LogP contribution in [0.25, 0.3) is 11.4 Å². The quantitative estimate of drug-likeness (QED) is 0.948. The molecule has 2 heterocycles. The summed E-state index contributed by atoms with van der Waals surface area (Å²) in [6.07, 6.45) is 6.30. The van der Waals surface area contributed by atoms with Crippen molar-refractivity contribution in [1.82, 2.24) is 20.1 Å². The van der Waals surface area contributed by atoms with E-state index in [9.17, 15) is 4.79 Å². The molecule has 5 heteroatoms. The Balaban J connectivity index is 1.50. The van der Waals surface area contributed by atoms with Gasteiger partial charge >= 0.3 is 0 Å². The minimum atomic E-state index is 0.189. The molecule has 4 rings (SSSR count). The molecule has 1 fully saturated rings. The Bertz CT molecular complexity index is 688. The molecule has 1 aliphatic carbocycles. The van der Waals surface area contributed by atoms with Gasteiger partial charge in [-0.15, -0.1) is 10.2 Å². The number of carbonyl (C=O) groups is 1. The molecule has 0 spiro atoms. The fraction of sp³-hybridized carbons (Fsp3) is 0.500. The van der Waals surface area contributed by atoms with Crippen molar-refractivity contribution in [3.63, 3.8) is 0 Å². The topological polar surface area (TPSA) is 59.8 Å². The van der Waals surface area contributed by atoms with Gasteiger partial charge in [0.1, 0.15) is 5.82 Å². The number of hydrogen-bond donors (Lipinski definition) is 1. The molecule has 5 nitrogen and oxygen atoms in total. The second-order valence-electron chi connectivity index (χ2n) is 6.64. The van der Waals surface area contributed by atoms with Crippen LogP contribution in [0, 0.1) is 5.92 Å². The first-order valence-electron chi connectivity index (χ1n) is 8.59. The first-order chi connectivity index (χ1) is 11.3. The van der Waals surface area contributed by atoms with Gasteiger partial charge in [0.2, 0.25) is 5.91 Å². The summed E-state index contributed by atoms with van der Waals surface area (Å²) in [7, 11) is 0. The second-order valence-corrected chi connectivity index (χ2v) is 6.64. The van der Waals surface area contributed by atoms with Crippen LogP contribution >= 0.6 is 0 Å². The summed E-state index contributed by atoms with van der Waals surface area (Å²) in [6.45, 7) is 0.769. The third-order valence-electron chi connectivity index (χ3n) is 5.05. The van der Waals surface area contributed by atoms with Crippen molar-refractivity contribution in [2.24, 2.45) is 5.92 Å². The zero-order valence-corrected chi connectivity index (χ0v) is 13.2. The van der Waals surface area contributed by atoms with Crippen LogP contribution in [0.2, 0.25) is 0 Å². The normalized spacial score (nSPS) is 21.1. The van der Waals surface area contributed by atoms with Crippen LogP contribution in [0.15, 0.2) is 30.3 Å². The van der Waals surface area contributed by atoms with Crippen molar-refractivity contribution >= 4 is 5.91 Å². The van der Waals surface area contributed by atoms with Crippen LogP contribution in [0.1, 0.15) is 37.9 Å². The molecule has 1 amide bonds. The number of hydrogen-bond acceptors (Lipinski definition) is 3. The van der Waals surface area contributed by atoms with E-state index in [1.54, 1.807) is 0 Å². The number of carbonyl (C=O) groups excluding carboxylic acids is 1. The molecule has 1 aromatic heterocycles. The summed E-state index contributed by atoms with van der Waals surface area (Å²) < 4.78 is 2.17. The van der Waals surface area contributed by atoms with Crippen LogP contribution in [0.4, 0.5) is 0 Å². The van der Waals surface area contributed by atoms with Gasteiger partial charge in [-0.25, -0.2) is 0 Å². The van der Waals surface area contributed by atoms with E-state index in [4.69, 9.17) is 0 Å². The first kappa shape index (κ1) is 14.4. The average molecular weight is 310 g/mol. The summed E-state index contributed by atoms with van der Waals surface area (Å²) in [5.41, 5.74) is 1.08. The Hall–Kier alpha value is -2.17. The lowest BCUT2D eigenvalue weighted by atomic mass is 10.0. The Morgan fingerprint density at radius 1 is 1.09 bits per heavy atom. The van der Waals surface area contributed by atoms with E-state index in [2.05, 4.69) is 32.2 Å². The molecule has 120 valence electrons. The summed E-state index contributed by atoms with van der Waals surface area (Å²) in [5, 5.41) is 11.9. The molecule has 1 N–H and O–H groups in total. The summed E-state index contributed by atoms with van der Waals surface area (Å²) in [5.74, 6) is 2.40. The van der Waals surface area contributed by atoms with E-state index in [1.165, 1.54) is 12.8 Å². The second kappa shape index (κ2) is 6.14. The van der Waals surface area contributed by atoms with Crippen molar-refractivity contribution in [3.8, 4) is 11.4 Å². The Morgan fingerprint density at radius 3 is 2.65 bits per heavy atom. The maximum Gasteiger partial charge on any atom is 0.223 e. The number of aryl methyl sites for hydroxylation is 1. The van der Waals surface area contributed by atoms with E-state index in [1.807, 2.05) is 18.2 Å². The zero-order chi connectivity index (χ0) is 15.6. The third-order valence-corrected chi connectivity index (χ3v) is 5.05. The van der Waals surface area contributed by atoms with Gasteiger partial charge in [-0.3, -0.25) is 4.79 Å². The van der Waals surface area contributed by atoms with Crippen molar-refractivity contribution in [1.29, 1.82) is 0 Å². The number of rotatable bonds is 3. The van der Waals surface area contributed by atoms with E-state index in [0.717, 1.165) is 49.4 Å². The lowest BCUT2D eigenvalue weighted by Gasteiger charge is -2.26. The van der Waals surface area contributed by atoms with Crippen LogP contribution in [0.5, 0.6) is 0 Å². The van der Waals surface area contributed by atoms with Gasteiger partial charge in [0.25, 0.3) is 0 Å². The molecule has 2 aliphatic rings. The molecule has 1 aromatic carbocycles. The maximum atomic E-state index is 12.4. The van der Waals surface area contributed by atoms with Gasteiger partial charge in [0, 0.05) is 30.5 Å². The highest BCUT2D eigenvalue weighted by atomic mass is 16.1. The number of fused-ring (bicyclic) bond motifs is 1. The van der Waals surface area contributed by atoms with Crippen LogP contribution < -0.4 is 5.32 Å². The van der Waals surface area contributed by atoms with Gasteiger partial charge in [-0.1, -0.05) is 43.2 Å². The molecule has 0 bridgehead atoms. The average Bonchev–Trinajstić information content (AvgIpc) is 3.25. The van der Waals surface area contributed by atoms with Crippen molar-refractivity contribution in [2.75, 3.05) is 0 Å². The molecule has 0 radical (unpaired) electrons. The Labute approximate surface area is 136 Å². The standard InChI is InChI=1S/C18H22N4O/c23-18(14-8-4-5-9-14)19-15-10-11-16-20-21-17(22(16)12-15)13-6-2-1-3-7-13/h1-3,6-7,14-15H,4-5,8-12H2,(H,19,23)/t15-/m1/s1.